The third-order valence-electron chi connectivity index (χ3n) is 2.16. The summed E-state index contributed by atoms with van der Waals surface area (Å²) in [6, 6.07) is 0. The van der Waals surface area contributed by atoms with Crippen LogP contribution in [0.15, 0.2) is 0 Å². The Morgan fingerprint density at radius 3 is 1.15 bits per heavy atom. The Labute approximate surface area is 131 Å². The van der Waals surface area contributed by atoms with Crippen molar-refractivity contribution in [3.05, 3.63) is 0 Å². The van der Waals surface area contributed by atoms with Crippen LogP contribution in [0.3, 0.4) is 0 Å². The molecule has 0 N–H and O–H groups in total. The molecule has 0 aliphatic rings. The summed E-state index contributed by atoms with van der Waals surface area (Å²) >= 11 is 0. The predicted molar refractivity (Wildman–Crippen MR) is 43.5 cm³/mol. The Morgan fingerprint density at radius 1 is 0.500 bits per heavy atom. The minimum Gasteiger partial charge on any atom is -0.246 e. The molecule has 0 rings (SSSR count). The van der Waals surface area contributed by atoms with Crippen molar-refractivity contribution in [1.29, 1.82) is 0 Å². The van der Waals surface area contributed by atoms with E-state index >= 15 is 0 Å². The summed E-state index contributed by atoms with van der Waals surface area (Å²) in [4.78, 5) is 0. The van der Waals surface area contributed by atoms with Crippen molar-refractivity contribution >= 4 is 0 Å². The second-order valence-electron chi connectivity index (χ2n) is 4.18. The predicted octanol–water partition coefficient (Wildman–Crippen LogP) is 4.65. The highest BCUT2D eigenvalue weighted by molar-refractivity contribution is 4.97. The molecule has 0 aromatic rings. The Kier molecular flexibility index (Phi) is 6.17. The van der Waals surface area contributed by atoms with Crippen LogP contribution < -0.4 is 0 Å². The van der Waals surface area contributed by atoms with E-state index in [0.29, 0.717) is 0 Å². The molecule has 18 heteroatoms. The number of alkyl halides is 15. The second kappa shape index (κ2) is 6.47. The third kappa shape index (κ3) is 4.38. The molecule has 0 aromatic carbocycles. The minimum atomic E-state index is -7.90. The zero-order valence-corrected chi connectivity index (χ0v) is 11.1. The quantitative estimate of drug-likeness (QED) is 0.525. The average Bonchev–Trinajstić information content (AvgIpc) is 2.34. The molecular formula is C8H2F15O3. The van der Waals surface area contributed by atoms with E-state index in [1.54, 1.807) is 0 Å². The van der Waals surface area contributed by atoms with Crippen LogP contribution in [-0.2, 0) is 14.6 Å². The summed E-state index contributed by atoms with van der Waals surface area (Å²) in [5.74, 6) is -15.7. The molecule has 3 nitrogen and oxygen atoms in total. The van der Waals surface area contributed by atoms with E-state index in [4.69, 9.17) is 0 Å². The molecule has 0 spiro atoms. The molecule has 0 bridgehead atoms. The molecule has 0 atom stereocenters. The van der Waals surface area contributed by atoms with Gasteiger partial charge in [0.15, 0.2) is 6.61 Å². The third-order valence-corrected chi connectivity index (χ3v) is 2.16. The first-order valence-electron chi connectivity index (χ1n) is 5.29. The molecule has 1 radical (unpaired) electrons. The first-order valence-corrected chi connectivity index (χ1v) is 5.29. The molecule has 0 unspecified atom stereocenters. The number of ether oxygens (including phenoxy) is 2. The molecule has 0 saturated carbocycles. The molecular weight excluding hydrogens is 429 g/mol. The second-order valence-corrected chi connectivity index (χ2v) is 4.18. The van der Waals surface area contributed by atoms with E-state index in [2.05, 4.69) is 0 Å². The van der Waals surface area contributed by atoms with Crippen LogP contribution in [0.25, 0.3) is 0 Å². The van der Waals surface area contributed by atoms with E-state index in [1.165, 1.54) is 4.74 Å². The Balaban J connectivity index is 5.84. The van der Waals surface area contributed by atoms with Crippen LogP contribution in [0.4, 0.5) is 65.9 Å². The van der Waals surface area contributed by atoms with Gasteiger partial charge in [0, 0.05) is 0 Å². The van der Waals surface area contributed by atoms with Gasteiger partial charge in [0.05, 0.1) is 0 Å². The summed E-state index contributed by atoms with van der Waals surface area (Å²) < 4.78 is 189. The van der Waals surface area contributed by atoms with Gasteiger partial charge in [-0.1, -0.05) is 0 Å². The highest BCUT2D eigenvalue weighted by Crippen LogP contribution is 2.55. The number of halogens is 15. The lowest BCUT2D eigenvalue weighted by Gasteiger charge is -2.36. The summed E-state index contributed by atoms with van der Waals surface area (Å²) in [6.45, 7) is -3.03. The fourth-order valence-corrected chi connectivity index (χ4v) is 0.922. The van der Waals surface area contributed by atoms with Crippen molar-refractivity contribution in [1.82, 2.24) is 0 Å². The van der Waals surface area contributed by atoms with Crippen LogP contribution in [0.1, 0.15) is 0 Å². The smallest absolute Gasteiger partial charge is 0.246 e. The SMILES string of the molecule is [O]CC(F)(F)OC(F)(F)C(F)(F)OC(F)(F)C(F)(F)C(F)(F)C(F)(F)F. The molecule has 0 aromatic heterocycles. The van der Waals surface area contributed by atoms with Crippen LogP contribution in [0, 0.1) is 0 Å². The van der Waals surface area contributed by atoms with Gasteiger partial charge < -0.3 is 0 Å². The van der Waals surface area contributed by atoms with Crippen LogP contribution in [0.2, 0.25) is 0 Å². The first-order chi connectivity index (χ1) is 11.0. The van der Waals surface area contributed by atoms with Gasteiger partial charge in [0.2, 0.25) is 0 Å². The van der Waals surface area contributed by atoms with Crippen molar-refractivity contribution in [3.8, 4) is 0 Å². The lowest BCUT2D eigenvalue weighted by molar-refractivity contribution is -0.543. The van der Waals surface area contributed by atoms with Gasteiger partial charge in [0.25, 0.3) is 0 Å². The topological polar surface area (TPSA) is 38.4 Å². The molecule has 0 aliphatic heterocycles. The monoisotopic (exact) mass is 431 g/mol. The maximum atomic E-state index is 12.7. The average molecular weight is 431 g/mol. The molecule has 0 heterocycles. The summed E-state index contributed by atoms with van der Waals surface area (Å²) in [6.07, 6.45) is -35.2. The summed E-state index contributed by atoms with van der Waals surface area (Å²) in [7, 11) is 0. The highest BCUT2D eigenvalue weighted by atomic mass is 19.4. The lowest BCUT2D eigenvalue weighted by atomic mass is 10.1. The maximum absolute atomic E-state index is 12.7. The van der Waals surface area contributed by atoms with Gasteiger partial charge in [-0.2, -0.15) is 65.9 Å². The van der Waals surface area contributed by atoms with Crippen molar-refractivity contribution in [2.45, 2.75) is 42.5 Å². The zero-order chi connectivity index (χ0) is 21.6. The molecule has 157 valence electrons. The van der Waals surface area contributed by atoms with Gasteiger partial charge in [-0.05, 0) is 0 Å². The molecule has 0 aliphatic carbocycles. The Morgan fingerprint density at radius 2 is 0.846 bits per heavy atom. The summed E-state index contributed by atoms with van der Waals surface area (Å²) in [5.41, 5.74) is 0. The van der Waals surface area contributed by atoms with E-state index in [-0.39, 0.29) is 0 Å². The largest absolute Gasteiger partial charge is 0.460 e. The fourth-order valence-electron chi connectivity index (χ4n) is 0.922. The van der Waals surface area contributed by atoms with Gasteiger partial charge in [-0.3, -0.25) is 0 Å². The fraction of sp³-hybridized carbons (Fsp3) is 1.00. The molecule has 0 saturated heterocycles. The van der Waals surface area contributed by atoms with Crippen LogP contribution in [0.5, 0.6) is 0 Å². The zero-order valence-electron chi connectivity index (χ0n) is 11.1. The van der Waals surface area contributed by atoms with Crippen molar-refractivity contribution < 1.29 is 80.4 Å². The maximum Gasteiger partial charge on any atom is 0.460 e. The van der Waals surface area contributed by atoms with Gasteiger partial charge >= 0.3 is 42.5 Å². The van der Waals surface area contributed by atoms with Gasteiger partial charge in [0.1, 0.15) is 0 Å². The van der Waals surface area contributed by atoms with Crippen LogP contribution >= 0.6 is 0 Å². The van der Waals surface area contributed by atoms with Crippen LogP contribution in [-0.4, -0.2) is 49.1 Å². The lowest BCUT2D eigenvalue weighted by Crippen LogP contribution is -2.64. The van der Waals surface area contributed by atoms with E-state index < -0.39 is 49.1 Å². The number of hydrogen-bond acceptors (Lipinski definition) is 2. The molecule has 0 fully saturated rings. The van der Waals surface area contributed by atoms with Gasteiger partial charge in [-0.15, -0.1) is 0 Å². The van der Waals surface area contributed by atoms with E-state index in [9.17, 15) is 71.0 Å². The van der Waals surface area contributed by atoms with Crippen molar-refractivity contribution in [3.63, 3.8) is 0 Å². The molecule has 0 amide bonds. The van der Waals surface area contributed by atoms with Crippen molar-refractivity contribution in [2.75, 3.05) is 6.61 Å². The Bertz CT molecular complexity index is 496. The van der Waals surface area contributed by atoms with Gasteiger partial charge in [-0.25, -0.2) is 14.6 Å². The standard InChI is InChI=1S/C8H2F15O3/c9-2(10,1-24)25-7(20,21)8(22,23)26-6(18,19)4(13,14)3(11,12)5(15,16)17/h1H2. The highest BCUT2D eigenvalue weighted by Gasteiger charge is 2.85. The summed E-state index contributed by atoms with van der Waals surface area (Å²) in [5, 5.41) is 9.66. The normalized spacial score (nSPS) is 16.2. The first kappa shape index (κ1) is 24.8. The number of rotatable bonds is 8. The van der Waals surface area contributed by atoms with E-state index in [1.807, 2.05) is 4.74 Å². The van der Waals surface area contributed by atoms with Crippen molar-refractivity contribution in [2.24, 2.45) is 0 Å². The van der Waals surface area contributed by atoms with E-state index in [0.717, 1.165) is 0 Å². The minimum absolute atomic E-state index is 1.32. The molecule has 26 heavy (non-hydrogen) atoms. The Hall–Kier alpha value is -1.17. The number of hydrogen-bond donors (Lipinski definition) is 0.